The van der Waals surface area contributed by atoms with Gasteiger partial charge in [-0.05, 0) is 26.8 Å². The Morgan fingerprint density at radius 3 is 2.93 bits per heavy atom. The average Bonchev–Trinajstić information content (AvgIpc) is 2.71. The first-order valence-corrected chi connectivity index (χ1v) is 5.80. The molecule has 4 heteroatoms. The third-order valence-electron chi connectivity index (χ3n) is 3.37. The highest BCUT2D eigenvalue weighted by atomic mass is 16.5. The molecule has 1 N–H and O–H groups in total. The van der Waals surface area contributed by atoms with E-state index in [4.69, 9.17) is 4.74 Å². The summed E-state index contributed by atoms with van der Waals surface area (Å²) in [6, 6.07) is 0.290. The molecule has 2 heterocycles. The first-order chi connectivity index (χ1) is 7.18. The molecule has 15 heavy (non-hydrogen) atoms. The van der Waals surface area contributed by atoms with E-state index in [0.717, 1.165) is 19.6 Å². The number of ether oxygens (including phenoxy) is 1. The summed E-state index contributed by atoms with van der Waals surface area (Å²) in [5.74, 6) is 0.714. The van der Waals surface area contributed by atoms with Crippen LogP contribution >= 0.6 is 0 Å². The van der Waals surface area contributed by atoms with Crippen molar-refractivity contribution in [3.05, 3.63) is 0 Å². The van der Waals surface area contributed by atoms with Crippen molar-refractivity contribution in [3.63, 3.8) is 0 Å². The van der Waals surface area contributed by atoms with Crippen LogP contribution in [0.1, 0.15) is 20.3 Å². The lowest BCUT2D eigenvalue weighted by Crippen LogP contribution is -2.52. The maximum absolute atomic E-state index is 11.6. The van der Waals surface area contributed by atoms with Gasteiger partial charge >= 0.3 is 0 Å². The first-order valence-electron chi connectivity index (χ1n) is 5.80. The zero-order chi connectivity index (χ0) is 10.8. The highest BCUT2D eigenvalue weighted by Gasteiger charge is 2.34. The molecule has 0 radical (unpaired) electrons. The summed E-state index contributed by atoms with van der Waals surface area (Å²) in [6.45, 7) is 7.27. The Labute approximate surface area is 91.0 Å². The third kappa shape index (κ3) is 2.32. The van der Waals surface area contributed by atoms with Crippen LogP contribution in [0.5, 0.6) is 0 Å². The predicted octanol–water partition coefficient (Wildman–Crippen LogP) is 0.232. The minimum absolute atomic E-state index is 0.132. The minimum Gasteiger partial charge on any atom is -0.366 e. The van der Waals surface area contributed by atoms with E-state index in [0.29, 0.717) is 12.0 Å². The van der Waals surface area contributed by atoms with Gasteiger partial charge in [0.15, 0.2) is 0 Å². The van der Waals surface area contributed by atoms with Gasteiger partial charge in [-0.15, -0.1) is 0 Å². The van der Waals surface area contributed by atoms with Crippen molar-refractivity contribution >= 4 is 5.91 Å². The zero-order valence-electron chi connectivity index (χ0n) is 9.53. The Bertz CT molecular complexity index is 237. The van der Waals surface area contributed by atoms with Crippen molar-refractivity contribution in [3.8, 4) is 0 Å². The lowest BCUT2D eigenvalue weighted by molar-refractivity contribution is -0.154. The molecular weight excluding hydrogens is 192 g/mol. The summed E-state index contributed by atoms with van der Waals surface area (Å²) in [6.07, 6.45) is 1.41. The van der Waals surface area contributed by atoms with E-state index in [1.165, 1.54) is 6.42 Å². The average molecular weight is 212 g/mol. The highest BCUT2D eigenvalue weighted by molar-refractivity contribution is 5.78. The Hall–Kier alpha value is -0.610. The second-order valence-electron chi connectivity index (χ2n) is 4.74. The molecule has 2 aliphatic rings. The van der Waals surface area contributed by atoms with E-state index in [-0.39, 0.29) is 18.6 Å². The Morgan fingerprint density at radius 2 is 2.33 bits per heavy atom. The molecule has 2 saturated heterocycles. The molecule has 0 saturated carbocycles. The second-order valence-corrected chi connectivity index (χ2v) is 4.74. The SMILES string of the molecule is CC(C)N1CC(C2CCNC2)OCC1=O. The highest BCUT2D eigenvalue weighted by Crippen LogP contribution is 2.21. The van der Waals surface area contributed by atoms with E-state index < -0.39 is 0 Å². The molecule has 2 atom stereocenters. The molecule has 0 aromatic heterocycles. The number of rotatable bonds is 2. The largest absolute Gasteiger partial charge is 0.366 e. The smallest absolute Gasteiger partial charge is 0.248 e. The van der Waals surface area contributed by atoms with Crippen LogP contribution in [0, 0.1) is 5.92 Å². The number of carbonyl (C=O) groups is 1. The topological polar surface area (TPSA) is 41.6 Å². The van der Waals surface area contributed by atoms with Gasteiger partial charge in [-0.1, -0.05) is 0 Å². The van der Waals surface area contributed by atoms with E-state index in [1.54, 1.807) is 0 Å². The molecule has 0 aromatic rings. The summed E-state index contributed by atoms with van der Waals surface area (Å²) in [5, 5.41) is 3.34. The molecule has 2 aliphatic heterocycles. The first kappa shape index (κ1) is 10.9. The van der Waals surface area contributed by atoms with Crippen LogP contribution in [-0.2, 0) is 9.53 Å². The number of hydrogen-bond donors (Lipinski definition) is 1. The summed E-state index contributed by atoms with van der Waals surface area (Å²) >= 11 is 0. The summed E-state index contributed by atoms with van der Waals surface area (Å²) in [4.78, 5) is 13.5. The Morgan fingerprint density at radius 1 is 1.53 bits per heavy atom. The Kier molecular flexibility index (Phi) is 3.26. The number of carbonyl (C=O) groups excluding carboxylic acids is 1. The van der Waals surface area contributed by atoms with Gasteiger partial charge in [0.25, 0.3) is 0 Å². The minimum atomic E-state index is 0.132. The lowest BCUT2D eigenvalue weighted by Gasteiger charge is -2.37. The van der Waals surface area contributed by atoms with Crippen LogP contribution in [0.25, 0.3) is 0 Å². The zero-order valence-corrected chi connectivity index (χ0v) is 9.53. The molecule has 4 nitrogen and oxygen atoms in total. The number of morpholine rings is 1. The van der Waals surface area contributed by atoms with E-state index in [9.17, 15) is 4.79 Å². The van der Waals surface area contributed by atoms with Gasteiger partial charge in [0.1, 0.15) is 6.61 Å². The van der Waals surface area contributed by atoms with Crippen LogP contribution in [0.2, 0.25) is 0 Å². The van der Waals surface area contributed by atoms with E-state index in [2.05, 4.69) is 19.2 Å². The molecule has 0 spiro atoms. The lowest BCUT2D eigenvalue weighted by atomic mass is 9.99. The fourth-order valence-electron chi connectivity index (χ4n) is 2.39. The van der Waals surface area contributed by atoms with Crippen molar-refractivity contribution in [2.45, 2.75) is 32.4 Å². The number of hydrogen-bond acceptors (Lipinski definition) is 3. The quantitative estimate of drug-likeness (QED) is 0.712. The van der Waals surface area contributed by atoms with Crippen LogP contribution in [-0.4, -0.2) is 49.2 Å². The van der Waals surface area contributed by atoms with Crippen molar-refractivity contribution in [2.75, 3.05) is 26.2 Å². The fourth-order valence-corrected chi connectivity index (χ4v) is 2.39. The molecule has 2 rings (SSSR count). The van der Waals surface area contributed by atoms with Crippen molar-refractivity contribution < 1.29 is 9.53 Å². The molecule has 2 unspecified atom stereocenters. The van der Waals surface area contributed by atoms with Gasteiger partial charge in [-0.3, -0.25) is 4.79 Å². The molecule has 0 aliphatic carbocycles. The van der Waals surface area contributed by atoms with Gasteiger partial charge in [-0.2, -0.15) is 0 Å². The van der Waals surface area contributed by atoms with Crippen LogP contribution < -0.4 is 5.32 Å². The fraction of sp³-hybridized carbons (Fsp3) is 0.909. The van der Waals surface area contributed by atoms with Crippen molar-refractivity contribution in [2.24, 2.45) is 5.92 Å². The van der Waals surface area contributed by atoms with E-state index >= 15 is 0 Å². The number of nitrogens with one attached hydrogen (secondary N) is 1. The molecule has 1 amide bonds. The number of amides is 1. The van der Waals surface area contributed by atoms with Gasteiger partial charge < -0.3 is 15.0 Å². The molecule has 0 bridgehead atoms. The maximum Gasteiger partial charge on any atom is 0.248 e. The van der Waals surface area contributed by atoms with Gasteiger partial charge in [0, 0.05) is 25.0 Å². The monoisotopic (exact) mass is 212 g/mol. The normalized spacial score (nSPS) is 32.7. The van der Waals surface area contributed by atoms with Crippen LogP contribution in [0.3, 0.4) is 0 Å². The second kappa shape index (κ2) is 4.49. The molecule has 2 fully saturated rings. The maximum atomic E-state index is 11.6. The predicted molar refractivity (Wildman–Crippen MR) is 57.6 cm³/mol. The Balaban J connectivity index is 1.95. The van der Waals surface area contributed by atoms with Gasteiger partial charge in [0.05, 0.1) is 6.10 Å². The molecule has 0 aromatic carbocycles. The summed E-state index contributed by atoms with van der Waals surface area (Å²) < 4.78 is 5.62. The van der Waals surface area contributed by atoms with E-state index in [1.807, 2.05) is 4.90 Å². The van der Waals surface area contributed by atoms with Crippen molar-refractivity contribution in [1.82, 2.24) is 10.2 Å². The molecule has 86 valence electrons. The summed E-state index contributed by atoms with van der Waals surface area (Å²) in [7, 11) is 0. The number of nitrogens with zero attached hydrogens (tertiary/aromatic N) is 1. The molecular formula is C11H20N2O2. The van der Waals surface area contributed by atoms with Gasteiger partial charge in [0.2, 0.25) is 5.91 Å². The van der Waals surface area contributed by atoms with Crippen molar-refractivity contribution in [1.29, 1.82) is 0 Å². The third-order valence-corrected chi connectivity index (χ3v) is 3.37. The summed E-state index contributed by atoms with van der Waals surface area (Å²) in [5.41, 5.74) is 0. The van der Waals surface area contributed by atoms with Crippen LogP contribution in [0.4, 0.5) is 0 Å². The van der Waals surface area contributed by atoms with Crippen LogP contribution in [0.15, 0.2) is 0 Å². The van der Waals surface area contributed by atoms with Gasteiger partial charge in [-0.25, -0.2) is 0 Å². The standard InChI is InChI=1S/C11H20N2O2/c1-8(2)13-6-10(15-7-11(13)14)9-3-4-12-5-9/h8-10,12H,3-7H2,1-2H3.